The van der Waals surface area contributed by atoms with Gasteiger partial charge in [0.05, 0.1) is 54.5 Å². The molecule has 2 saturated carbocycles. The molecule has 21 atom stereocenters. The summed E-state index contributed by atoms with van der Waals surface area (Å²) in [5.41, 5.74) is -0.482. The third-order valence-electron chi connectivity index (χ3n) is 26.5. The number of unbranched alkanes of at least 4 members (excludes halogenated alkanes) is 1. The number of aliphatic hydroxyl groups is 5. The van der Waals surface area contributed by atoms with Gasteiger partial charge in [0.1, 0.15) is 72.2 Å². The molecule has 140 heavy (non-hydrogen) atoms. The zero-order valence-electron chi connectivity index (χ0n) is 78.8. The first-order chi connectivity index (χ1) is 66.7. The number of H-pyrrole nitrogens is 1. The van der Waals surface area contributed by atoms with Crippen molar-refractivity contribution >= 4 is 125 Å². The Bertz CT molecular complexity index is 5630. The van der Waals surface area contributed by atoms with Crippen molar-refractivity contribution < 1.29 is 126 Å². The van der Waals surface area contributed by atoms with Crippen LogP contribution in [0.1, 0.15) is 156 Å². The Morgan fingerprint density at radius 3 is 1.63 bits per heavy atom. The number of para-hydroxylation sites is 1. The summed E-state index contributed by atoms with van der Waals surface area (Å²) < 4.78 is 37.5. The zero-order valence-corrected chi connectivity index (χ0v) is 80.6. The van der Waals surface area contributed by atoms with Gasteiger partial charge in [-0.25, -0.2) is 9.59 Å². The van der Waals surface area contributed by atoms with Gasteiger partial charge in [0.15, 0.2) is 17.5 Å². The predicted octanol–water partition coefficient (Wildman–Crippen LogP) is 3.29. The van der Waals surface area contributed by atoms with E-state index in [2.05, 4.69) is 78.1 Å². The first-order valence-electron chi connectivity index (χ1n) is 46.4. The van der Waals surface area contributed by atoms with Crippen molar-refractivity contribution in [3.8, 4) is 0 Å². The first-order valence-corrected chi connectivity index (χ1v) is 47.6. The van der Waals surface area contributed by atoms with Gasteiger partial charge in [0, 0.05) is 98.4 Å². The van der Waals surface area contributed by atoms with Crippen LogP contribution in [0.3, 0.4) is 0 Å². The molecule has 2 unspecified atom stereocenters. The number of nitrogens with one attached hydrogen (secondary N) is 10. The number of aromatic amines is 1. The summed E-state index contributed by atoms with van der Waals surface area (Å²) in [5, 5.41) is 82.0. The zero-order chi connectivity index (χ0) is 102. The molecule has 2 bridgehead atoms. The fourth-order valence-corrected chi connectivity index (χ4v) is 19.3. The Hall–Kier alpha value is -12.7. The highest BCUT2D eigenvalue weighted by Crippen LogP contribution is 2.65. The third kappa shape index (κ3) is 25.5. The number of hydrogen-bond donors (Lipinski definition) is 18. The Balaban J connectivity index is 0.842. The summed E-state index contributed by atoms with van der Waals surface area (Å²) >= 11 is 8.67. The van der Waals surface area contributed by atoms with E-state index in [0.29, 0.717) is 34.0 Å². The SMILES string of the molecule is CC(=O)O[C@H]1C(=O)[C@@]2(C)C(C(OC(=O)c3ccccc3)[C@]3(O)C[C@H](OC(=O)[C@H](OC(=O)CCCC(=O)N[C@H](Cc4ccccc4)C(=O)N[C@@H](CS)C(=O)N[C@@H](Cc4ccccc4)C(=O)N[C@H](Cc4c[nH]c5ccccc45)C(=O)N[C@@H](CCCCN)C(=O)N[C@H](C(=O)N[C@@H](CS)C(=O)N[C@H](CO)[C@@H](C)O)[C@@H](C)O)[C@@H](NC(=O)c4ccccc4)c4ccccc4)C(C)=C1C3(C)C)[C@]1(OC(C)=O)CO[C@@H]1C[C@@H]2O. The number of carbonyl (C=O) groups is 15. The van der Waals surface area contributed by atoms with E-state index < -0.39 is 258 Å². The average molecular weight is 1970 g/mol. The molecule has 1 aliphatic heterocycles. The molecule has 2 heterocycles. The molecule has 0 radical (unpaired) electrons. The van der Waals surface area contributed by atoms with Crippen LogP contribution in [0.4, 0.5) is 0 Å². The molecule has 1 aromatic heterocycles. The predicted molar refractivity (Wildman–Crippen MR) is 514 cm³/mol. The Labute approximate surface area is 820 Å². The van der Waals surface area contributed by atoms with Gasteiger partial charge in [-0.3, -0.25) is 62.3 Å². The standard InChI is InChI=1S/C101H123N11O26S2/c1-55-75(49-101(132)87(137-96(130)64-37-22-13-23-38-64)85-99(8,76(118)48-77-100(85,54-133-77)138-59(5)117)86(121)83(134-58(4)116)80(55)98(101,6)7)135-97(131)84(82(62-33-18-11-19-34-62)112-88(122)63-35-20-12-21-36-63)136-79(120)43-28-42-78(119)104-69(45-60-29-14-9-15-30-60)90(124)109-73(52-139)93(127)106-70(46-61-31-16-10-17-32-61)91(125)107-71(47-65-50-103-67-40-25-24-39-66(65)67)92(126)105-68(41-26-27-44-102)89(123)111-81(57(3)115)95(129)110-74(53-140)94(128)108-72(51-113)56(2)114/h9-25,29-40,50,56-57,68-77,81-85,87,103,113-115,118,132,139-140H,26-28,41-49,51-54,102H2,1-8H3,(H,104,119)(H,105,126)(H,106,127)(H,107,125)(H,108,128)(H,109,124)(H,110,129)(H,111,123)(H,112,122)/t56-,57-,68+,69-,70+,71-,72-,73+,74+,75+,76+,77-,81+,82+,83-,84-,85?,87?,99-,100+,101-/m1/s1. The maximum absolute atomic E-state index is 16.1. The van der Waals surface area contributed by atoms with E-state index in [1.54, 1.807) is 146 Å². The van der Waals surface area contributed by atoms with Crippen molar-refractivity contribution in [1.29, 1.82) is 0 Å². The fraction of sp³-hybridized carbons (Fsp3) is 0.455. The summed E-state index contributed by atoms with van der Waals surface area (Å²) in [6, 6.07) is 33.6. The molecule has 39 heteroatoms. The van der Waals surface area contributed by atoms with Crippen LogP contribution in [0.2, 0.25) is 0 Å². The minimum atomic E-state index is -2.63. The maximum atomic E-state index is 16.1. The largest absolute Gasteiger partial charge is 0.455 e. The van der Waals surface area contributed by atoms with Gasteiger partial charge in [0.25, 0.3) is 5.91 Å². The molecule has 9 amide bonds. The van der Waals surface area contributed by atoms with Crippen LogP contribution in [0.15, 0.2) is 193 Å². The molecule has 11 rings (SSSR count). The van der Waals surface area contributed by atoms with Crippen LogP contribution in [0.5, 0.6) is 0 Å². The number of ketones is 1. The van der Waals surface area contributed by atoms with Gasteiger partial charge in [-0.15, -0.1) is 0 Å². The van der Waals surface area contributed by atoms with E-state index in [9.17, 15) is 78.3 Å². The van der Waals surface area contributed by atoms with E-state index in [1.165, 1.54) is 77.9 Å². The van der Waals surface area contributed by atoms with Crippen molar-refractivity contribution in [2.75, 3.05) is 31.3 Å². The van der Waals surface area contributed by atoms with Gasteiger partial charge in [-0.05, 0) is 124 Å². The molecule has 0 spiro atoms. The van der Waals surface area contributed by atoms with E-state index in [0.717, 1.165) is 13.8 Å². The van der Waals surface area contributed by atoms with E-state index in [-0.39, 0.29) is 85.1 Å². The quantitative estimate of drug-likeness (QED) is 0.00856. The number of aromatic nitrogens is 1. The van der Waals surface area contributed by atoms with Crippen molar-refractivity contribution in [3.05, 3.63) is 227 Å². The number of Topliss-reactive ketones (excluding diaryl/α,β-unsaturated/α-hetero) is 1. The molecule has 1 saturated heterocycles. The number of esters is 5. The third-order valence-corrected chi connectivity index (χ3v) is 27.2. The number of thiol groups is 2. The van der Waals surface area contributed by atoms with Crippen molar-refractivity contribution in [2.45, 2.75) is 240 Å². The van der Waals surface area contributed by atoms with Crippen molar-refractivity contribution in [1.82, 2.24) is 52.8 Å². The van der Waals surface area contributed by atoms with Gasteiger partial charge >= 0.3 is 29.8 Å². The summed E-state index contributed by atoms with van der Waals surface area (Å²) in [6.45, 7) is 9.49. The monoisotopic (exact) mass is 1970 g/mol. The lowest BCUT2D eigenvalue weighted by atomic mass is 9.44. The molecular weight excluding hydrogens is 1850 g/mol. The number of carbonyl (C=O) groups excluding carboxylic acids is 15. The number of nitrogens with two attached hydrogens (primary N) is 1. The number of aliphatic hydroxyl groups excluding tert-OH is 4. The fourth-order valence-electron chi connectivity index (χ4n) is 18.8. The number of hydrogen-bond acceptors (Lipinski definition) is 29. The normalized spacial score (nSPS) is 22.6. The highest BCUT2D eigenvalue weighted by Gasteiger charge is 2.78. The van der Waals surface area contributed by atoms with E-state index >= 15 is 19.2 Å². The number of fused-ring (bicyclic) bond motifs is 6. The number of amides is 9. The smallest absolute Gasteiger partial charge is 0.350 e. The number of rotatable bonds is 45. The number of benzene rings is 6. The van der Waals surface area contributed by atoms with Gasteiger partial charge < -0.3 is 113 Å². The van der Waals surface area contributed by atoms with E-state index in [4.69, 9.17) is 34.2 Å². The van der Waals surface area contributed by atoms with E-state index in [1.807, 2.05) is 0 Å². The summed E-state index contributed by atoms with van der Waals surface area (Å²) in [7, 11) is 0. The highest BCUT2D eigenvalue weighted by atomic mass is 32.1. The molecule has 17 N–H and O–H groups in total. The molecule has 3 fully saturated rings. The lowest BCUT2D eigenvalue weighted by Crippen LogP contribution is -2.82. The Morgan fingerprint density at radius 2 is 1.09 bits per heavy atom. The molecule has 3 aliphatic carbocycles. The van der Waals surface area contributed by atoms with Crippen LogP contribution in [-0.2, 0) is 110 Å². The summed E-state index contributed by atoms with van der Waals surface area (Å²) in [6.07, 6.45) is -14.8. The van der Waals surface area contributed by atoms with Gasteiger partial charge in [-0.1, -0.05) is 159 Å². The molecule has 37 nitrogen and oxygen atoms in total. The summed E-state index contributed by atoms with van der Waals surface area (Å²) in [4.78, 5) is 223. The Morgan fingerprint density at radius 1 is 0.571 bits per heavy atom. The topological polar surface area (TPSA) is 563 Å². The van der Waals surface area contributed by atoms with Crippen LogP contribution >= 0.6 is 25.3 Å². The minimum Gasteiger partial charge on any atom is -0.455 e. The van der Waals surface area contributed by atoms with Crippen LogP contribution < -0.4 is 53.6 Å². The van der Waals surface area contributed by atoms with Gasteiger partial charge in [0.2, 0.25) is 53.4 Å². The van der Waals surface area contributed by atoms with Crippen LogP contribution in [0, 0.1) is 16.7 Å². The minimum absolute atomic E-state index is 0.00508. The Kier molecular flexibility index (Phi) is 37.3. The maximum Gasteiger partial charge on any atom is 0.350 e. The molecule has 750 valence electrons. The van der Waals surface area contributed by atoms with Crippen LogP contribution in [0.25, 0.3) is 10.9 Å². The lowest BCUT2D eigenvalue weighted by molar-refractivity contribution is -0.346. The first kappa shape index (κ1) is 108. The lowest BCUT2D eigenvalue weighted by Gasteiger charge is -2.67. The molecule has 6 aromatic carbocycles. The van der Waals surface area contributed by atoms with Gasteiger partial charge in [-0.2, -0.15) is 25.3 Å². The molecule has 7 aromatic rings. The summed E-state index contributed by atoms with van der Waals surface area (Å²) in [5.74, 6) is -17.1. The van der Waals surface area contributed by atoms with Crippen molar-refractivity contribution in [2.24, 2.45) is 22.5 Å². The van der Waals surface area contributed by atoms with Crippen LogP contribution in [-0.4, -0.2) is 259 Å². The molecular formula is C101H123N11O26S2. The second-order valence-electron chi connectivity index (χ2n) is 36.5. The second-order valence-corrected chi connectivity index (χ2v) is 37.2. The average Bonchev–Trinajstić information content (AvgIpc) is 0.695. The van der Waals surface area contributed by atoms with Crippen molar-refractivity contribution in [3.63, 3.8) is 0 Å². The highest BCUT2D eigenvalue weighted by molar-refractivity contribution is 7.80. The second kappa shape index (κ2) is 48.4. The molecule has 4 aliphatic rings. The number of ether oxygens (including phenoxy) is 6.